The molecule has 2 saturated heterocycles. The summed E-state index contributed by atoms with van der Waals surface area (Å²) in [7, 11) is 0. The molecule has 5 fully saturated rings. The van der Waals surface area contributed by atoms with E-state index in [2.05, 4.69) is 10.2 Å². The van der Waals surface area contributed by atoms with Gasteiger partial charge in [0.25, 0.3) is 11.5 Å². The molecule has 3 atom stereocenters. The summed E-state index contributed by atoms with van der Waals surface area (Å²) in [6.07, 6.45) is 10.1. The van der Waals surface area contributed by atoms with Crippen molar-refractivity contribution in [3.63, 3.8) is 0 Å². The molecular weight excluding hydrogens is 442 g/mol. The fourth-order valence-electron chi connectivity index (χ4n) is 7.99. The van der Waals surface area contributed by atoms with Crippen LogP contribution in [0.25, 0.3) is 10.9 Å². The van der Waals surface area contributed by atoms with E-state index in [1.807, 2.05) is 25.1 Å². The molecule has 4 bridgehead atoms. The lowest BCUT2D eigenvalue weighted by molar-refractivity contribution is -0.170. The molecule has 2 aliphatic heterocycles. The minimum Gasteiger partial charge on any atom is -0.506 e. The Morgan fingerprint density at radius 1 is 1.09 bits per heavy atom. The Morgan fingerprint density at radius 2 is 1.77 bits per heavy atom. The maximum absolute atomic E-state index is 13.8. The zero-order valence-corrected chi connectivity index (χ0v) is 20.6. The van der Waals surface area contributed by atoms with Crippen LogP contribution in [0.3, 0.4) is 0 Å². The topological polar surface area (TPSA) is 94.8 Å². The van der Waals surface area contributed by atoms with Crippen LogP contribution in [0.1, 0.15) is 94.0 Å². The van der Waals surface area contributed by atoms with Gasteiger partial charge in [0.1, 0.15) is 11.3 Å². The van der Waals surface area contributed by atoms with Gasteiger partial charge < -0.3 is 20.1 Å². The third kappa shape index (κ3) is 3.78. The molecule has 0 radical (unpaired) electrons. The van der Waals surface area contributed by atoms with E-state index in [0.29, 0.717) is 23.2 Å². The number of piperidine rings is 2. The second-order valence-electron chi connectivity index (χ2n) is 11.5. The number of carbonyl (C=O) groups is 1. The normalized spacial score (nSPS) is 31.7. The van der Waals surface area contributed by atoms with Crippen LogP contribution < -0.4 is 10.9 Å². The van der Waals surface area contributed by atoms with E-state index in [1.165, 1.54) is 6.42 Å². The minimum absolute atomic E-state index is 0.0455. The summed E-state index contributed by atoms with van der Waals surface area (Å²) in [6, 6.07) is 7.91. The minimum atomic E-state index is -0.556. The van der Waals surface area contributed by atoms with E-state index >= 15 is 0 Å². The molecule has 0 spiro atoms. The molecule has 7 nitrogen and oxygen atoms in total. The number of hydrogen-bond acceptors (Lipinski definition) is 5. The second-order valence-corrected chi connectivity index (χ2v) is 11.5. The van der Waals surface area contributed by atoms with Crippen LogP contribution in [0.5, 0.6) is 5.75 Å². The van der Waals surface area contributed by atoms with Crippen molar-refractivity contribution in [2.45, 2.75) is 107 Å². The third-order valence-electron chi connectivity index (χ3n) is 9.25. The Morgan fingerprint density at radius 3 is 2.43 bits per heavy atom. The number of pyridine rings is 1. The number of rotatable bonds is 5. The molecule has 3 saturated carbocycles. The number of benzene rings is 1. The average molecular weight is 480 g/mol. The lowest BCUT2D eigenvalue weighted by Crippen LogP contribution is -2.69. The zero-order chi connectivity index (χ0) is 24.3. The molecule has 7 heteroatoms. The molecule has 1 amide bonds. The summed E-state index contributed by atoms with van der Waals surface area (Å²) in [6.45, 7) is 2.05. The van der Waals surface area contributed by atoms with Crippen molar-refractivity contribution in [1.29, 1.82) is 0 Å². The molecule has 35 heavy (non-hydrogen) atoms. The van der Waals surface area contributed by atoms with E-state index in [0.717, 1.165) is 57.8 Å². The molecule has 3 N–H and O–H groups in total. The molecule has 3 aliphatic carbocycles. The Labute approximate surface area is 206 Å². The second kappa shape index (κ2) is 8.63. The monoisotopic (exact) mass is 479 g/mol. The molecule has 1 aromatic carbocycles. The average Bonchev–Trinajstić information content (AvgIpc) is 2.83. The van der Waals surface area contributed by atoms with Gasteiger partial charge in [-0.05, 0) is 69.4 Å². The largest absolute Gasteiger partial charge is 0.506 e. The van der Waals surface area contributed by atoms with Crippen LogP contribution in [0.15, 0.2) is 29.1 Å². The first kappa shape index (κ1) is 23.0. The summed E-state index contributed by atoms with van der Waals surface area (Å²) in [4.78, 5) is 29.8. The van der Waals surface area contributed by atoms with Gasteiger partial charge in [-0.2, -0.15) is 0 Å². The van der Waals surface area contributed by atoms with Crippen LogP contribution in [-0.4, -0.2) is 49.4 Å². The van der Waals surface area contributed by atoms with Crippen LogP contribution >= 0.6 is 0 Å². The highest BCUT2D eigenvalue weighted by Gasteiger charge is 2.55. The van der Waals surface area contributed by atoms with Crippen molar-refractivity contribution >= 4 is 16.8 Å². The van der Waals surface area contributed by atoms with Crippen LogP contribution in [0, 0.1) is 5.92 Å². The fourth-order valence-corrected chi connectivity index (χ4v) is 7.99. The number of aromatic hydroxyl groups is 1. The number of aromatic nitrogens is 1. The number of nitrogens with one attached hydrogen (secondary N) is 1. The quantitative estimate of drug-likeness (QED) is 0.601. The number of nitrogens with zero attached hydrogens (tertiary/aromatic N) is 2. The molecule has 3 unspecified atom stereocenters. The molecule has 188 valence electrons. The summed E-state index contributed by atoms with van der Waals surface area (Å²) >= 11 is 0. The highest BCUT2D eigenvalue weighted by molar-refractivity contribution is 6.02. The van der Waals surface area contributed by atoms with Gasteiger partial charge in [-0.3, -0.25) is 14.5 Å². The Kier molecular flexibility index (Phi) is 5.68. The van der Waals surface area contributed by atoms with Gasteiger partial charge in [0.2, 0.25) is 0 Å². The maximum atomic E-state index is 13.8. The van der Waals surface area contributed by atoms with Crippen molar-refractivity contribution in [3.05, 3.63) is 40.2 Å². The van der Waals surface area contributed by atoms with Gasteiger partial charge in [-0.15, -0.1) is 0 Å². The Hall–Kier alpha value is -2.38. The number of amides is 1. The first-order valence-corrected chi connectivity index (χ1v) is 13.6. The van der Waals surface area contributed by atoms with Gasteiger partial charge in [-0.25, -0.2) is 0 Å². The number of aliphatic hydroxyl groups is 1. The number of hydrogen-bond donors (Lipinski definition) is 3. The van der Waals surface area contributed by atoms with E-state index in [9.17, 15) is 19.8 Å². The molecular formula is C28H37N3O4. The molecule has 1 aromatic heterocycles. The van der Waals surface area contributed by atoms with Crippen molar-refractivity contribution in [2.75, 3.05) is 0 Å². The van der Waals surface area contributed by atoms with Crippen molar-refractivity contribution < 1.29 is 15.0 Å². The first-order chi connectivity index (χ1) is 16.9. The van der Waals surface area contributed by atoms with Crippen molar-refractivity contribution in [3.8, 4) is 5.75 Å². The van der Waals surface area contributed by atoms with E-state index in [1.54, 1.807) is 10.6 Å². The highest BCUT2D eigenvalue weighted by Crippen LogP contribution is 2.52. The zero-order valence-electron chi connectivity index (χ0n) is 20.6. The van der Waals surface area contributed by atoms with Crippen LogP contribution in [-0.2, 0) is 0 Å². The Bertz CT molecular complexity index is 1180. The third-order valence-corrected chi connectivity index (χ3v) is 9.25. The highest BCUT2D eigenvalue weighted by atomic mass is 16.3. The SMILES string of the molecule is CCC(NC(=O)c1c(O)c2ccccc2n(C2CCCCC2)c1=O)N1C2CC3CC1CC(O)(C3)C2. The first-order valence-electron chi connectivity index (χ1n) is 13.6. The van der Waals surface area contributed by atoms with Gasteiger partial charge >= 0.3 is 0 Å². The lowest BCUT2D eigenvalue weighted by Gasteiger charge is -2.61. The number of fused-ring (bicyclic) bond motifs is 1. The molecule has 7 rings (SSSR count). The van der Waals surface area contributed by atoms with Gasteiger partial charge in [0.05, 0.1) is 17.3 Å². The van der Waals surface area contributed by atoms with Crippen molar-refractivity contribution in [2.24, 2.45) is 5.92 Å². The van der Waals surface area contributed by atoms with Gasteiger partial charge in [0.15, 0.2) is 0 Å². The van der Waals surface area contributed by atoms with Crippen LogP contribution in [0.4, 0.5) is 0 Å². The van der Waals surface area contributed by atoms with Crippen LogP contribution in [0.2, 0.25) is 0 Å². The smallest absolute Gasteiger partial charge is 0.267 e. The predicted octanol–water partition coefficient (Wildman–Crippen LogP) is 4.06. The summed E-state index contributed by atoms with van der Waals surface area (Å²) in [5, 5.41) is 25.8. The molecule has 3 heterocycles. The predicted molar refractivity (Wildman–Crippen MR) is 134 cm³/mol. The van der Waals surface area contributed by atoms with Gasteiger partial charge in [-0.1, -0.05) is 38.3 Å². The lowest BCUT2D eigenvalue weighted by atomic mass is 9.61. The van der Waals surface area contributed by atoms with Crippen molar-refractivity contribution in [1.82, 2.24) is 14.8 Å². The van der Waals surface area contributed by atoms with E-state index in [-0.39, 0.29) is 35.6 Å². The standard InChI is InChI=1S/C28H37N3O4/c1-2-23(30-19-12-17-13-20(30)16-28(35,14-17)15-19)29-26(33)24-25(32)21-10-6-7-11-22(21)31(27(24)34)18-8-4-3-5-9-18/h6-7,10-11,17-20,23,32,35H,2-5,8-9,12-16H2,1H3,(H,29,33). The summed E-state index contributed by atoms with van der Waals surface area (Å²) < 4.78 is 1.77. The number of para-hydroxylation sites is 1. The molecule has 2 aromatic rings. The maximum Gasteiger partial charge on any atom is 0.267 e. The molecule has 5 aliphatic rings. The van der Waals surface area contributed by atoms with E-state index in [4.69, 9.17) is 0 Å². The fraction of sp³-hybridized carbons (Fsp3) is 0.643. The summed E-state index contributed by atoms with van der Waals surface area (Å²) in [5.41, 5.74) is -0.394. The van der Waals surface area contributed by atoms with E-state index < -0.39 is 17.1 Å². The summed E-state index contributed by atoms with van der Waals surface area (Å²) in [5.74, 6) is -0.157. The Balaban J connectivity index is 1.35. The van der Waals surface area contributed by atoms with Gasteiger partial charge in [0, 0.05) is 23.5 Å². The number of carbonyl (C=O) groups excluding carboxylic acids is 1.